The number of nitrogens with zero attached hydrogens (tertiary/aromatic N) is 8. The quantitative estimate of drug-likeness (QED) is 0.366. The first kappa shape index (κ1) is 25.5. The maximum Gasteiger partial charge on any atom is 0.319 e. The number of rotatable bonds is 4. The van der Waals surface area contributed by atoms with Gasteiger partial charge in [0.25, 0.3) is 0 Å². The minimum Gasteiger partial charge on any atom is -0.382 e. The molecule has 11 nitrogen and oxygen atoms in total. The van der Waals surface area contributed by atoms with Crippen molar-refractivity contribution in [3.05, 3.63) is 78.4 Å². The number of morpholine rings is 1. The first-order valence-electron chi connectivity index (χ1n) is 13.9. The summed E-state index contributed by atoms with van der Waals surface area (Å²) in [4.78, 5) is 22.8. The highest BCUT2D eigenvalue weighted by Crippen LogP contribution is 2.36. The maximum atomic E-state index is 12.5. The molecule has 2 aliphatic rings. The number of nitrogen functional groups attached to an aromatic ring is 1. The molecule has 210 valence electrons. The van der Waals surface area contributed by atoms with E-state index in [2.05, 4.69) is 57.6 Å². The van der Waals surface area contributed by atoms with E-state index in [9.17, 15) is 4.79 Å². The summed E-state index contributed by atoms with van der Waals surface area (Å²) >= 11 is 0. The molecule has 2 aliphatic heterocycles. The third-order valence-corrected chi connectivity index (χ3v) is 8.14. The molecule has 2 fully saturated rings. The minimum absolute atomic E-state index is 0.0445. The summed E-state index contributed by atoms with van der Waals surface area (Å²) in [6.07, 6.45) is 3.37. The Labute approximate surface area is 237 Å². The van der Waals surface area contributed by atoms with Gasteiger partial charge in [-0.05, 0) is 23.3 Å². The molecular weight excluding hydrogens is 518 g/mol. The average Bonchev–Trinajstić information content (AvgIpc) is 3.58. The van der Waals surface area contributed by atoms with Gasteiger partial charge < -0.3 is 20.3 Å². The van der Waals surface area contributed by atoms with Crippen molar-refractivity contribution >= 4 is 28.3 Å². The molecule has 2 atom stereocenters. The summed E-state index contributed by atoms with van der Waals surface area (Å²) in [5.74, 6) is 0.417. The fraction of sp³-hybridized carbons (Fsp3) is 0.333. The molecule has 2 N–H and O–H groups in total. The van der Waals surface area contributed by atoms with Crippen molar-refractivity contribution in [1.82, 2.24) is 39.1 Å². The smallest absolute Gasteiger partial charge is 0.319 e. The molecule has 0 spiro atoms. The summed E-state index contributed by atoms with van der Waals surface area (Å²) < 4.78 is 10.3. The highest BCUT2D eigenvalue weighted by molar-refractivity contribution is 5.92. The third-order valence-electron chi connectivity index (χ3n) is 8.14. The fourth-order valence-corrected chi connectivity index (χ4v) is 6.05. The van der Waals surface area contributed by atoms with E-state index in [0.717, 1.165) is 39.8 Å². The Kier molecular flexibility index (Phi) is 6.32. The van der Waals surface area contributed by atoms with E-state index in [0.29, 0.717) is 38.6 Å². The summed E-state index contributed by atoms with van der Waals surface area (Å²) in [5, 5.41) is 10.5. The van der Waals surface area contributed by atoms with E-state index < -0.39 is 0 Å². The minimum atomic E-state index is -0.188. The van der Waals surface area contributed by atoms with Gasteiger partial charge in [-0.15, -0.1) is 0 Å². The lowest BCUT2D eigenvalue weighted by atomic mass is 10.0. The van der Waals surface area contributed by atoms with Crippen molar-refractivity contribution in [3.63, 3.8) is 0 Å². The molecule has 5 aromatic rings. The predicted molar refractivity (Wildman–Crippen MR) is 156 cm³/mol. The summed E-state index contributed by atoms with van der Waals surface area (Å²) in [7, 11) is 3.58. The molecule has 11 heteroatoms. The molecule has 41 heavy (non-hydrogen) atoms. The van der Waals surface area contributed by atoms with Crippen molar-refractivity contribution in [1.29, 1.82) is 0 Å². The van der Waals surface area contributed by atoms with Crippen LogP contribution in [-0.2, 0) is 11.3 Å². The van der Waals surface area contributed by atoms with Gasteiger partial charge in [-0.3, -0.25) is 9.58 Å². The second kappa shape index (κ2) is 10.2. The first-order valence-corrected chi connectivity index (χ1v) is 13.9. The van der Waals surface area contributed by atoms with Crippen LogP contribution in [0.2, 0.25) is 0 Å². The predicted octanol–water partition coefficient (Wildman–Crippen LogP) is 3.12. The number of amides is 2. The van der Waals surface area contributed by atoms with Gasteiger partial charge in [0.15, 0.2) is 5.82 Å². The maximum absolute atomic E-state index is 12.5. The topological polar surface area (TPSA) is 110 Å². The molecule has 0 aliphatic carbocycles. The van der Waals surface area contributed by atoms with Crippen molar-refractivity contribution in [3.8, 4) is 11.1 Å². The Hall–Kier alpha value is -4.48. The zero-order valence-corrected chi connectivity index (χ0v) is 23.2. The van der Waals surface area contributed by atoms with Crippen molar-refractivity contribution < 1.29 is 9.53 Å². The van der Waals surface area contributed by atoms with Crippen LogP contribution in [0.25, 0.3) is 27.5 Å². The summed E-state index contributed by atoms with van der Waals surface area (Å²) in [6.45, 7) is 4.13. The van der Waals surface area contributed by atoms with Crippen molar-refractivity contribution in [2.75, 3.05) is 52.6 Å². The van der Waals surface area contributed by atoms with Crippen LogP contribution in [-0.4, -0.2) is 98.0 Å². The van der Waals surface area contributed by atoms with Crippen LogP contribution in [0.3, 0.4) is 0 Å². The molecule has 3 aromatic heterocycles. The van der Waals surface area contributed by atoms with Gasteiger partial charge in [0.2, 0.25) is 0 Å². The molecular formula is C30H33N9O2. The Morgan fingerprint density at radius 3 is 2.78 bits per heavy atom. The van der Waals surface area contributed by atoms with E-state index in [1.165, 1.54) is 11.9 Å². The zero-order valence-electron chi connectivity index (χ0n) is 23.2. The number of hydrogen-bond donors (Lipinski definition) is 1. The number of ether oxygens (including phenoxy) is 1. The normalized spacial score (nSPS) is 19.5. The number of carbonyl (C=O) groups is 1. The van der Waals surface area contributed by atoms with Crippen LogP contribution in [0.15, 0.2) is 67.1 Å². The highest BCUT2D eigenvalue weighted by atomic mass is 16.5. The van der Waals surface area contributed by atoms with Crippen LogP contribution < -0.4 is 5.73 Å². The van der Waals surface area contributed by atoms with E-state index in [4.69, 9.17) is 15.6 Å². The molecule has 0 radical (unpaired) electrons. The number of urea groups is 1. The number of piperazine rings is 1. The van der Waals surface area contributed by atoms with Gasteiger partial charge in [-0.25, -0.2) is 14.3 Å². The van der Waals surface area contributed by atoms with Gasteiger partial charge >= 0.3 is 6.03 Å². The third kappa shape index (κ3) is 4.66. The van der Waals surface area contributed by atoms with E-state index in [1.807, 2.05) is 32.3 Å². The standard InChI is InChI=1S/C30H33N9O2/c1-35(2)30(40)37-11-10-36-17-27(41-18-23(36)16-37)26-13-24(28-29(31)32-19-33-39(26)28)21-8-9-22-15-38(34-25(22)12-21)14-20-6-4-3-5-7-20/h3-9,12-13,15,19,23,27H,10-11,14,16-18H2,1-2H3,(H2,31,32,33). The van der Waals surface area contributed by atoms with E-state index in [-0.39, 0.29) is 18.2 Å². The number of benzene rings is 2. The molecule has 2 aromatic carbocycles. The second-order valence-corrected chi connectivity index (χ2v) is 11.1. The van der Waals surface area contributed by atoms with Crippen LogP contribution in [0, 0.1) is 0 Å². The molecule has 5 heterocycles. The lowest BCUT2D eigenvalue weighted by molar-refractivity contribution is -0.0875. The second-order valence-electron chi connectivity index (χ2n) is 11.1. The molecule has 2 unspecified atom stereocenters. The van der Waals surface area contributed by atoms with Gasteiger partial charge in [0, 0.05) is 57.4 Å². The summed E-state index contributed by atoms with van der Waals surface area (Å²) in [6, 6.07) is 18.9. The number of anilines is 1. The van der Waals surface area contributed by atoms with Gasteiger partial charge in [-0.1, -0.05) is 42.5 Å². The summed E-state index contributed by atoms with van der Waals surface area (Å²) in [5.41, 5.74) is 12.2. The molecule has 2 amide bonds. The monoisotopic (exact) mass is 551 g/mol. The molecule has 2 saturated heterocycles. The molecule has 7 rings (SSSR count). The lowest BCUT2D eigenvalue weighted by Crippen LogP contribution is -2.60. The van der Waals surface area contributed by atoms with Crippen molar-refractivity contribution in [2.45, 2.75) is 18.7 Å². The van der Waals surface area contributed by atoms with Crippen LogP contribution >= 0.6 is 0 Å². The van der Waals surface area contributed by atoms with Gasteiger partial charge in [0.1, 0.15) is 17.9 Å². The Morgan fingerprint density at radius 1 is 1.10 bits per heavy atom. The SMILES string of the molecule is CN(C)C(=O)N1CCN2CC(c3cc(-c4ccc5cn(Cc6ccccc6)nc5c4)c4c(N)ncnn34)OCC2C1. The van der Waals surface area contributed by atoms with E-state index >= 15 is 0 Å². The van der Waals surface area contributed by atoms with Gasteiger partial charge in [0.05, 0.1) is 30.4 Å². The number of hydrogen-bond acceptors (Lipinski definition) is 7. The van der Waals surface area contributed by atoms with E-state index in [1.54, 1.807) is 19.0 Å². The molecule has 0 bridgehead atoms. The number of carbonyl (C=O) groups excluding carboxylic acids is 1. The number of aromatic nitrogens is 5. The first-order chi connectivity index (χ1) is 19.9. The van der Waals surface area contributed by atoms with Crippen LogP contribution in [0.5, 0.6) is 0 Å². The zero-order chi connectivity index (χ0) is 28.1. The lowest BCUT2D eigenvalue weighted by Gasteiger charge is -2.46. The largest absolute Gasteiger partial charge is 0.382 e. The van der Waals surface area contributed by atoms with Crippen LogP contribution in [0.4, 0.5) is 10.6 Å². The highest BCUT2D eigenvalue weighted by Gasteiger charge is 2.37. The molecule has 0 saturated carbocycles. The Balaban J connectivity index is 1.18. The van der Waals surface area contributed by atoms with Gasteiger partial charge in [-0.2, -0.15) is 10.2 Å². The number of fused-ring (bicyclic) bond motifs is 3. The fourth-order valence-electron chi connectivity index (χ4n) is 6.05. The Bertz CT molecular complexity index is 1730. The Morgan fingerprint density at radius 2 is 1.95 bits per heavy atom. The van der Waals surface area contributed by atoms with Crippen LogP contribution in [0.1, 0.15) is 17.4 Å². The van der Waals surface area contributed by atoms with Crippen molar-refractivity contribution in [2.24, 2.45) is 0 Å². The number of nitrogens with two attached hydrogens (primary N) is 1. The average molecular weight is 552 g/mol.